The minimum Gasteiger partial charge on any atom is -0.447 e. The van der Waals surface area contributed by atoms with Crippen molar-refractivity contribution in [2.75, 3.05) is 6.61 Å². The van der Waals surface area contributed by atoms with E-state index >= 15 is 0 Å². The molecule has 0 unspecified atom stereocenters. The molecule has 2 amide bonds. The van der Waals surface area contributed by atoms with Crippen molar-refractivity contribution in [1.29, 1.82) is 0 Å². The molecule has 0 saturated carbocycles. The zero-order valence-corrected chi connectivity index (χ0v) is 13.4. The maximum absolute atomic E-state index is 12.6. The largest absolute Gasteiger partial charge is 0.447 e. The average Bonchev–Trinajstić information content (AvgIpc) is 2.92. The molecule has 0 spiro atoms. The van der Waals surface area contributed by atoms with Gasteiger partial charge in [-0.3, -0.25) is 4.79 Å². The van der Waals surface area contributed by atoms with Crippen LogP contribution in [0.4, 0.5) is 4.79 Å². The molecule has 1 N–H and O–H groups in total. The van der Waals surface area contributed by atoms with Gasteiger partial charge in [0, 0.05) is 0 Å². The van der Waals surface area contributed by atoms with Gasteiger partial charge in [-0.1, -0.05) is 43.3 Å². The van der Waals surface area contributed by atoms with E-state index in [1.165, 1.54) is 0 Å². The summed E-state index contributed by atoms with van der Waals surface area (Å²) in [4.78, 5) is 25.7. The number of hydrogen-bond donors (Lipinski definition) is 1. The van der Waals surface area contributed by atoms with Crippen LogP contribution in [0.25, 0.3) is 0 Å². The topological polar surface area (TPSA) is 66.8 Å². The van der Waals surface area contributed by atoms with Crippen molar-refractivity contribution in [3.05, 3.63) is 48.6 Å². The highest BCUT2D eigenvalue weighted by Crippen LogP contribution is 2.22. The van der Waals surface area contributed by atoms with Crippen molar-refractivity contribution in [2.24, 2.45) is 5.92 Å². The monoisotopic (exact) mass is 317 g/mol. The summed E-state index contributed by atoms with van der Waals surface area (Å²) in [5.74, 6) is -1.04. The zero-order valence-electron chi connectivity index (χ0n) is 13.4. The summed E-state index contributed by atoms with van der Waals surface area (Å²) in [6.45, 7) is 5.43. The van der Waals surface area contributed by atoms with E-state index < -0.39 is 18.1 Å². The molecule has 1 aromatic rings. The Morgan fingerprint density at radius 3 is 2.83 bits per heavy atom. The fourth-order valence-corrected chi connectivity index (χ4v) is 2.69. The van der Waals surface area contributed by atoms with Crippen LogP contribution < -0.4 is 0 Å². The molecule has 0 aromatic heterocycles. The van der Waals surface area contributed by atoms with Crippen molar-refractivity contribution in [3.8, 4) is 0 Å². The van der Waals surface area contributed by atoms with Gasteiger partial charge in [0.25, 0.3) is 0 Å². The van der Waals surface area contributed by atoms with Crippen molar-refractivity contribution in [1.82, 2.24) is 4.90 Å². The van der Waals surface area contributed by atoms with Gasteiger partial charge < -0.3 is 9.84 Å². The number of hydrogen-bond acceptors (Lipinski definition) is 4. The van der Waals surface area contributed by atoms with Gasteiger partial charge in [-0.2, -0.15) is 0 Å². The van der Waals surface area contributed by atoms with E-state index in [1.54, 1.807) is 13.0 Å². The Morgan fingerprint density at radius 2 is 2.17 bits per heavy atom. The van der Waals surface area contributed by atoms with Crippen LogP contribution in [0, 0.1) is 5.92 Å². The van der Waals surface area contributed by atoms with Crippen LogP contribution in [0.15, 0.2) is 43.0 Å². The first-order valence-corrected chi connectivity index (χ1v) is 7.87. The quantitative estimate of drug-likeness (QED) is 0.785. The molecule has 1 saturated heterocycles. The fraction of sp³-hybridized carbons (Fsp3) is 0.444. The molecule has 0 radical (unpaired) electrons. The molecule has 3 atom stereocenters. The van der Waals surface area contributed by atoms with Gasteiger partial charge in [0.15, 0.2) is 0 Å². The Kier molecular flexibility index (Phi) is 5.93. The molecule has 1 aliphatic rings. The van der Waals surface area contributed by atoms with Crippen LogP contribution in [-0.2, 0) is 16.0 Å². The van der Waals surface area contributed by atoms with Gasteiger partial charge in [0.05, 0.1) is 18.1 Å². The highest BCUT2D eigenvalue weighted by atomic mass is 16.6. The summed E-state index contributed by atoms with van der Waals surface area (Å²) in [6.07, 6.45) is 1.89. The Hall–Kier alpha value is -2.14. The minimum absolute atomic E-state index is 0.189. The first-order chi connectivity index (χ1) is 11.0. The number of carbonyl (C=O) groups is 2. The number of rotatable bonds is 7. The SMILES string of the molecule is C=CCC[C@H](O)[C@@H](C)C(=O)N1C(=O)OC[C@H]1Cc1ccccc1. The smallest absolute Gasteiger partial charge is 0.416 e. The molecule has 23 heavy (non-hydrogen) atoms. The van der Waals surface area contributed by atoms with E-state index in [9.17, 15) is 14.7 Å². The van der Waals surface area contributed by atoms with Crippen LogP contribution in [0.2, 0.25) is 0 Å². The molecule has 0 bridgehead atoms. The molecule has 0 aliphatic carbocycles. The average molecular weight is 317 g/mol. The highest BCUT2D eigenvalue weighted by molar-refractivity contribution is 5.94. The maximum atomic E-state index is 12.6. The molecule has 1 aliphatic heterocycles. The number of aliphatic hydroxyl groups is 1. The number of benzene rings is 1. The predicted octanol–water partition coefficient (Wildman–Crippen LogP) is 2.54. The summed E-state index contributed by atoms with van der Waals surface area (Å²) < 4.78 is 5.05. The number of ether oxygens (including phenoxy) is 1. The Labute approximate surface area is 136 Å². The molecule has 2 rings (SSSR count). The third-order valence-electron chi connectivity index (χ3n) is 4.15. The molecule has 5 heteroatoms. The lowest BCUT2D eigenvalue weighted by atomic mass is 9.97. The Morgan fingerprint density at radius 1 is 1.48 bits per heavy atom. The zero-order chi connectivity index (χ0) is 16.8. The normalized spacial score (nSPS) is 20.0. The second-order valence-electron chi connectivity index (χ2n) is 5.85. The van der Waals surface area contributed by atoms with Crippen molar-refractivity contribution in [3.63, 3.8) is 0 Å². The molecule has 124 valence electrons. The lowest BCUT2D eigenvalue weighted by Gasteiger charge is -2.25. The fourth-order valence-electron chi connectivity index (χ4n) is 2.69. The minimum atomic E-state index is -0.800. The van der Waals surface area contributed by atoms with Gasteiger partial charge in [0.1, 0.15) is 6.61 Å². The van der Waals surface area contributed by atoms with Gasteiger partial charge in [-0.25, -0.2) is 9.69 Å². The van der Waals surface area contributed by atoms with E-state index in [2.05, 4.69) is 6.58 Å². The summed E-state index contributed by atoms with van der Waals surface area (Å²) in [5, 5.41) is 10.1. The van der Waals surface area contributed by atoms with Crippen LogP contribution in [-0.4, -0.2) is 40.8 Å². The van der Waals surface area contributed by atoms with Crippen molar-refractivity contribution >= 4 is 12.0 Å². The van der Waals surface area contributed by atoms with E-state index in [0.717, 1.165) is 10.5 Å². The lowest BCUT2D eigenvalue weighted by molar-refractivity contribution is -0.136. The summed E-state index contributed by atoms with van der Waals surface area (Å²) in [7, 11) is 0. The van der Waals surface area contributed by atoms with Crippen molar-refractivity contribution < 1.29 is 19.4 Å². The van der Waals surface area contributed by atoms with Crippen molar-refractivity contribution in [2.45, 2.75) is 38.3 Å². The molecule has 1 fully saturated rings. The number of cyclic esters (lactones) is 1. The number of amides is 2. The summed E-state index contributed by atoms with van der Waals surface area (Å²) >= 11 is 0. The number of imide groups is 1. The van der Waals surface area contributed by atoms with E-state index in [4.69, 9.17) is 4.74 Å². The van der Waals surface area contributed by atoms with Crippen LogP contribution in [0.3, 0.4) is 0 Å². The number of allylic oxidation sites excluding steroid dienone is 1. The number of nitrogens with zero attached hydrogens (tertiary/aromatic N) is 1. The number of carbonyl (C=O) groups excluding carboxylic acids is 2. The lowest BCUT2D eigenvalue weighted by Crippen LogP contribution is -2.45. The second-order valence-corrected chi connectivity index (χ2v) is 5.85. The summed E-state index contributed by atoms with van der Waals surface area (Å²) in [5.41, 5.74) is 1.04. The van der Waals surface area contributed by atoms with Gasteiger partial charge >= 0.3 is 6.09 Å². The van der Waals surface area contributed by atoms with E-state index in [0.29, 0.717) is 19.3 Å². The predicted molar refractivity (Wildman–Crippen MR) is 86.7 cm³/mol. The molecular weight excluding hydrogens is 294 g/mol. The molecule has 5 nitrogen and oxygen atoms in total. The first-order valence-electron chi connectivity index (χ1n) is 7.87. The van der Waals surface area contributed by atoms with Gasteiger partial charge in [-0.05, 0) is 24.8 Å². The van der Waals surface area contributed by atoms with Crippen LogP contribution >= 0.6 is 0 Å². The van der Waals surface area contributed by atoms with Crippen LogP contribution in [0.1, 0.15) is 25.3 Å². The Bertz CT molecular complexity index is 557. The third kappa shape index (κ3) is 4.20. The molecular formula is C18H23NO4. The molecule has 1 heterocycles. The third-order valence-corrected chi connectivity index (χ3v) is 4.15. The van der Waals surface area contributed by atoms with Gasteiger partial charge in [0.2, 0.25) is 5.91 Å². The Balaban J connectivity index is 2.06. The first kappa shape index (κ1) is 17.2. The second kappa shape index (κ2) is 7.92. The van der Waals surface area contributed by atoms with Gasteiger partial charge in [-0.15, -0.1) is 6.58 Å². The molecule has 1 aromatic carbocycles. The maximum Gasteiger partial charge on any atom is 0.416 e. The van der Waals surface area contributed by atoms with Crippen LogP contribution in [0.5, 0.6) is 0 Å². The highest BCUT2D eigenvalue weighted by Gasteiger charge is 2.41. The summed E-state index contributed by atoms with van der Waals surface area (Å²) in [6, 6.07) is 9.33. The number of aliphatic hydroxyl groups excluding tert-OH is 1. The van der Waals surface area contributed by atoms with E-state index in [1.807, 2.05) is 30.3 Å². The standard InChI is InChI=1S/C18H23NO4/c1-3-4-10-16(20)13(2)17(21)19-15(12-23-18(19)22)11-14-8-6-5-7-9-14/h3,5-9,13,15-16,20H,1,4,10-12H2,2H3/t13-,15-,16+/m1/s1. The van der Waals surface area contributed by atoms with E-state index in [-0.39, 0.29) is 18.6 Å².